The number of anilines is 2. The molecule has 1 amide bonds. The summed E-state index contributed by atoms with van der Waals surface area (Å²) in [5.74, 6) is -3.45. The Labute approximate surface area is 176 Å². The largest absolute Gasteiger partial charge is 0.352 e. The second-order valence-corrected chi connectivity index (χ2v) is 7.12. The molecular formula is C19H20ClF2N7O. The van der Waals surface area contributed by atoms with E-state index in [1.807, 2.05) is 0 Å². The third kappa shape index (κ3) is 4.70. The normalized spacial score (nSPS) is 17.9. The van der Waals surface area contributed by atoms with Gasteiger partial charge in [0.1, 0.15) is 6.04 Å². The van der Waals surface area contributed by atoms with Crippen molar-refractivity contribution in [2.75, 3.05) is 23.8 Å². The number of rotatable bonds is 7. The fourth-order valence-electron chi connectivity index (χ4n) is 3.20. The average Bonchev–Trinajstić information content (AvgIpc) is 3.02. The molecule has 0 aliphatic carbocycles. The molecule has 1 atom stereocenters. The lowest BCUT2D eigenvalue weighted by atomic mass is 10.1. The van der Waals surface area contributed by atoms with Crippen molar-refractivity contribution < 1.29 is 13.6 Å². The minimum absolute atomic E-state index is 0.0865. The van der Waals surface area contributed by atoms with Gasteiger partial charge < -0.3 is 15.6 Å². The first-order valence-corrected chi connectivity index (χ1v) is 9.49. The van der Waals surface area contributed by atoms with Crippen LogP contribution in [0.2, 0.25) is 5.02 Å². The lowest BCUT2D eigenvalue weighted by molar-refractivity contribution is -0.0248. The van der Waals surface area contributed by atoms with Crippen molar-refractivity contribution in [1.82, 2.24) is 14.9 Å². The second-order valence-electron chi connectivity index (χ2n) is 6.69. The van der Waals surface area contributed by atoms with Gasteiger partial charge in [0.15, 0.2) is 0 Å². The number of hydrogen-bond acceptors (Lipinski definition) is 7. The monoisotopic (exact) mass is 435 g/mol. The van der Waals surface area contributed by atoms with E-state index in [9.17, 15) is 13.6 Å². The van der Waals surface area contributed by atoms with Gasteiger partial charge in [-0.05, 0) is 18.6 Å². The number of aryl methyl sites for hydroxylation is 1. The van der Waals surface area contributed by atoms with E-state index in [4.69, 9.17) is 17.0 Å². The van der Waals surface area contributed by atoms with Crippen LogP contribution < -0.4 is 10.7 Å². The molecule has 2 heterocycles. The molecule has 0 radical (unpaired) electrons. The summed E-state index contributed by atoms with van der Waals surface area (Å²) >= 11 is 5.74. The van der Waals surface area contributed by atoms with E-state index in [2.05, 4.69) is 25.8 Å². The number of aromatic nitrogens is 2. The Balaban J connectivity index is 1.83. The van der Waals surface area contributed by atoms with Crippen molar-refractivity contribution in [3.63, 3.8) is 0 Å². The second kappa shape index (κ2) is 9.12. The van der Waals surface area contributed by atoms with Crippen molar-refractivity contribution in [3.8, 4) is 0 Å². The smallest absolute Gasteiger partial charge is 0.271 e. The highest BCUT2D eigenvalue weighted by Crippen LogP contribution is 2.36. The van der Waals surface area contributed by atoms with Crippen LogP contribution in [0.4, 0.5) is 20.4 Å². The van der Waals surface area contributed by atoms with Gasteiger partial charge in [-0.3, -0.25) is 10.2 Å². The topological polar surface area (TPSA) is 106 Å². The maximum Gasteiger partial charge on any atom is 0.271 e. The molecule has 0 unspecified atom stereocenters. The number of amides is 1. The Morgan fingerprint density at radius 3 is 2.87 bits per heavy atom. The van der Waals surface area contributed by atoms with Gasteiger partial charge in [-0.15, -0.1) is 0 Å². The molecule has 0 bridgehead atoms. The number of nitrogens with one attached hydrogen (secondary N) is 3. The Bertz CT molecular complexity index is 952. The Morgan fingerprint density at radius 2 is 2.17 bits per heavy atom. The summed E-state index contributed by atoms with van der Waals surface area (Å²) < 4.78 is 29.1. The number of hydrogen-bond donors (Lipinski definition) is 3. The SMILES string of the molecule is Cc1cccc(C(=O)N2CCC(F)(F)[C@H]2CNc2ncc(Cl)cn2)c1N/N=C\C=N. The van der Waals surface area contributed by atoms with E-state index < -0.39 is 24.3 Å². The van der Waals surface area contributed by atoms with E-state index in [0.29, 0.717) is 10.7 Å². The number of benzene rings is 1. The van der Waals surface area contributed by atoms with E-state index >= 15 is 0 Å². The summed E-state index contributed by atoms with van der Waals surface area (Å²) in [6.07, 6.45) is 4.46. The lowest BCUT2D eigenvalue weighted by Gasteiger charge is -2.28. The summed E-state index contributed by atoms with van der Waals surface area (Å²) in [6.45, 7) is 1.46. The first-order chi connectivity index (χ1) is 14.3. The molecule has 1 saturated heterocycles. The summed E-state index contributed by atoms with van der Waals surface area (Å²) in [7, 11) is 0. The van der Waals surface area contributed by atoms with Crippen molar-refractivity contribution in [2.24, 2.45) is 5.10 Å². The molecule has 0 saturated carbocycles. The molecule has 1 aliphatic heterocycles. The van der Waals surface area contributed by atoms with Crippen LogP contribution in [0.5, 0.6) is 0 Å². The van der Waals surface area contributed by atoms with Gasteiger partial charge in [-0.2, -0.15) is 5.10 Å². The number of nitrogens with zero attached hydrogens (tertiary/aromatic N) is 4. The first-order valence-electron chi connectivity index (χ1n) is 9.11. The van der Waals surface area contributed by atoms with Gasteiger partial charge in [0.25, 0.3) is 11.8 Å². The lowest BCUT2D eigenvalue weighted by Crippen LogP contribution is -2.47. The van der Waals surface area contributed by atoms with Crippen molar-refractivity contribution in [3.05, 3.63) is 46.7 Å². The summed E-state index contributed by atoms with van der Waals surface area (Å²) in [5.41, 5.74) is 4.07. The third-order valence-electron chi connectivity index (χ3n) is 4.71. The van der Waals surface area contributed by atoms with Crippen LogP contribution in [-0.2, 0) is 0 Å². The van der Waals surface area contributed by atoms with Gasteiger partial charge in [0.2, 0.25) is 5.95 Å². The number of carbonyl (C=O) groups is 1. The third-order valence-corrected chi connectivity index (χ3v) is 4.91. The highest BCUT2D eigenvalue weighted by Gasteiger charge is 2.50. The van der Waals surface area contributed by atoms with E-state index in [0.717, 1.165) is 16.7 Å². The highest BCUT2D eigenvalue weighted by molar-refractivity contribution is 6.30. The Morgan fingerprint density at radius 1 is 1.43 bits per heavy atom. The molecule has 3 rings (SSSR count). The van der Waals surface area contributed by atoms with Gasteiger partial charge in [0.05, 0.1) is 34.9 Å². The molecule has 2 aromatic rings. The molecule has 158 valence electrons. The van der Waals surface area contributed by atoms with Gasteiger partial charge >= 0.3 is 0 Å². The minimum atomic E-state index is -3.06. The van der Waals surface area contributed by atoms with Crippen molar-refractivity contribution >= 4 is 41.6 Å². The maximum absolute atomic E-state index is 14.6. The molecule has 0 spiro atoms. The molecule has 1 aliphatic rings. The number of alkyl halides is 2. The fraction of sp³-hybridized carbons (Fsp3) is 0.316. The molecular weight excluding hydrogens is 416 g/mol. The molecule has 30 heavy (non-hydrogen) atoms. The minimum Gasteiger partial charge on any atom is -0.352 e. The fourth-order valence-corrected chi connectivity index (χ4v) is 3.30. The molecule has 8 nitrogen and oxygen atoms in total. The van der Waals surface area contributed by atoms with Crippen LogP contribution in [0.1, 0.15) is 22.3 Å². The van der Waals surface area contributed by atoms with Crippen LogP contribution >= 0.6 is 11.6 Å². The highest BCUT2D eigenvalue weighted by atomic mass is 35.5. The van der Waals surface area contributed by atoms with Gasteiger partial charge in [-0.1, -0.05) is 23.7 Å². The van der Waals surface area contributed by atoms with Crippen LogP contribution in [0, 0.1) is 12.3 Å². The zero-order valence-corrected chi connectivity index (χ0v) is 16.8. The standard InChI is InChI=1S/C19H20ClF2N7O/c1-12-3-2-4-14(16(12)28-27-7-6-23)17(30)29-8-5-19(21,22)15(29)11-26-18-24-9-13(20)10-25-18/h2-4,6-7,9-10,15,23,28H,5,8,11H2,1H3,(H,24,25,26)/b23-6?,27-7-/t15-/m1/s1. The zero-order valence-electron chi connectivity index (χ0n) is 16.1. The van der Waals surface area contributed by atoms with Crippen LogP contribution in [0.25, 0.3) is 0 Å². The number of carbonyl (C=O) groups excluding carboxylic acids is 1. The molecule has 1 aromatic heterocycles. The predicted octanol–water partition coefficient (Wildman–Crippen LogP) is 3.45. The summed E-state index contributed by atoms with van der Waals surface area (Å²) in [6, 6.07) is 3.63. The number of halogens is 3. The van der Waals surface area contributed by atoms with Gasteiger partial charge in [0, 0.05) is 25.7 Å². The van der Waals surface area contributed by atoms with Gasteiger partial charge in [-0.25, -0.2) is 18.7 Å². The van der Waals surface area contributed by atoms with Crippen LogP contribution in [0.15, 0.2) is 35.7 Å². The number of para-hydroxylation sites is 1. The van der Waals surface area contributed by atoms with Crippen LogP contribution in [-0.4, -0.2) is 58.3 Å². The molecule has 1 fully saturated rings. The maximum atomic E-state index is 14.6. The summed E-state index contributed by atoms with van der Waals surface area (Å²) in [5, 5.41) is 13.9. The molecule has 11 heteroatoms. The average molecular weight is 436 g/mol. The Hall–Kier alpha value is -3.14. The number of likely N-dealkylation sites (tertiary alicyclic amines) is 1. The Kier molecular flexibility index (Phi) is 6.56. The quantitative estimate of drug-likeness (QED) is 0.456. The number of hydrazone groups is 1. The summed E-state index contributed by atoms with van der Waals surface area (Å²) in [4.78, 5) is 22.2. The predicted molar refractivity (Wildman–Crippen MR) is 112 cm³/mol. The molecule has 3 N–H and O–H groups in total. The van der Waals surface area contributed by atoms with E-state index in [1.54, 1.807) is 25.1 Å². The van der Waals surface area contributed by atoms with Crippen molar-refractivity contribution in [2.45, 2.75) is 25.3 Å². The molecule has 1 aromatic carbocycles. The van der Waals surface area contributed by atoms with Crippen LogP contribution in [0.3, 0.4) is 0 Å². The van der Waals surface area contributed by atoms with E-state index in [-0.39, 0.29) is 24.6 Å². The van der Waals surface area contributed by atoms with E-state index in [1.165, 1.54) is 18.6 Å². The van der Waals surface area contributed by atoms with Crippen molar-refractivity contribution in [1.29, 1.82) is 5.41 Å². The zero-order chi connectivity index (χ0) is 21.7. The first kappa shape index (κ1) is 21.6.